The van der Waals surface area contributed by atoms with Crippen molar-refractivity contribution in [2.75, 3.05) is 0 Å². The normalized spacial score (nSPS) is 14.2. The second-order valence-electron chi connectivity index (χ2n) is 5.14. The molecule has 0 saturated heterocycles. The maximum absolute atomic E-state index is 11.9. The number of nitrogens with zero attached hydrogens (tertiary/aromatic N) is 2. The zero-order valence-electron chi connectivity index (χ0n) is 11.1. The van der Waals surface area contributed by atoms with E-state index in [1.54, 1.807) is 6.21 Å². The lowest BCUT2D eigenvalue weighted by Gasteiger charge is -2.17. The largest absolute Gasteiger partial charge is 0.591 e. The molecule has 0 spiro atoms. The lowest BCUT2D eigenvalue weighted by Crippen LogP contribution is -2.25. The fraction of sp³-hybridized carbons (Fsp3) is 0.286. The van der Waals surface area contributed by atoms with E-state index in [1.807, 2.05) is 51.1 Å². The summed E-state index contributed by atoms with van der Waals surface area (Å²) < 4.78 is 16.5. The Balaban J connectivity index is 2.35. The van der Waals surface area contributed by atoms with E-state index in [1.165, 1.54) is 0 Å². The molecule has 0 aliphatic rings. The quantitative estimate of drug-likeness (QED) is 0.616. The van der Waals surface area contributed by atoms with Crippen molar-refractivity contribution in [3.8, 4) is 0 Å². The molecule has 1 heterocycles. The Bertz CT molecular complexity index is 622. The second-order valence-corrected chi connectivity index (χ2v) is 7.93. The highest BCUT2D eigenvalue weighted by Gasteiger charge is 2.25. The van der Waals surface area contributed by atoms with Gasteiger partial charge in [-0.2, -0.15) is 0 Å². The molecular formula is C14H15BrN2OS. The van der Waals surface area contributed by atoms with Gasteiger partial charge in [-0.1, -0.05) is 22.6 Å². The van der Waals surface area contributed by atoms with E-state index in [-0.39, 0.29) is 4.75 Å². The van der Waals surface area contributed by atoms with Crippen molar-refractivity contribution in [3.05, 3.63) is 40.5 Å². The van der Waals surface area contributed by atoms with Crippen molar-refractivity contribution in [1.82, 2.24) is 4.98 Å². The topological polar surface area (TPSA) is 48.3 Å². The molecule has 0 bridgehead atoms. The van der Waals surface area contributed by atoms with Crippen molar-refractivity contribution in [1.29, 1.82) is 0 Å². The van der Waals surface area contributed by atoms with Crippen molar-refractivity contribution in [2.24, 2.45) is 4.40 Å². The minimum atomic E-state index is -1.27. The van der Waals surface area contributed by atoms with Crippen LogP contribution in [0, 0.1) is 0 Å². The van der Waals surface area contributed by atoms with Crippen LogP contribution < -0.4 is 0 Å². The molecule has 1 aromatic carbocycles. The number of hydrogen-bond acceptors (Lipinski definition) is 3. The van der Waals surface area contributed by atoms with Gasteiger partial charge in [-0.15, -0.1) is 0 Å². The second kappa shape index (κ2) is 5.61. The number of fused-ring (bicyclic) bond motifs is 1. The van der Waals surface area contributed by atoms with Gasteiger partial charge in [-0.25, -0.2) is 4.98 Å². The molecule has 5 heteroatoms. The summed E-state index contributed by atoms with van der Waals surface area (Å²) >= 11 is 2.19. The number of hydrogen-bond donors (Lipinski definition) is 0. The van der Waals surface area contributed by atoms with Gasteiger partial charge in [-0.05, 0) is 48.8 Å². The average molecular weight is 339 g/mol. The van der Waals surface area contributed by atoms with Crippen LogP contribution in [0.5, 0.6) is 0 Å². The van der Waals surface area contributed by atoms with Crippen LogP contribution in [0.2, 0.25) is 0 Å². The van der Waals surface area contributed by atoms with Crippen molar-refractivity contribution in [3.63, 3.8) is 0 Å². The highest BCUT2D eigenvalue weighted by Crippen LogP contribution is 2.21. The first kappa shape index (κ1) is 14.5. The molecule has 0 aliphatic carbocycles. The van der Waals surface area contributed by atoms with Gasteiger partial charge in [0.1, 0.15) is 28.0 Å². The van der Waals surface area contributed by atoms with Gasteiger partial charge in [-0.3, -0.25) is 0 Å². The Hall–Kier alpha value is -0.910. The molecule has 0 radical (unpaired) electrons. The smallest absolute Gasteiger partial charge is 0.144 e. The third-order valence-corrected chi connectivity index (χ3v) is 4.48. The summed E-state index contributed by atoms with van der Waals surface area (Å²) in [7, 11) is 0. The first-order chi connectivity index (χ1) is 8.88. The Morgan fingerprint density at radius 1 is 1.32 bits per heavy atom. The SMILES string of the molecule is CC(C)(C)[S+]([O-])/N=C\c1nc2ccccc2cc1Br. The average Bonchev–Trinajstić information content (AvgIpc) is 2.34. The lowest BCUT2D eigenvalue weighted by atomic mass is 10.2. The molecule has 0 fully saturated rings. The molecule has 0 N–H and O–H groups in total. The number of para-hydroxylation sites is 1. The van der Waals surface area contributed by atoms with E-state index < -0.39 is 11.4 Å². The minimum Gasteiger partial charge on any atom is -0.591 e. The van der Waals surface area contributed by atoms with Gasteiger partial charge < -0.3 is 4.55 Å². The van der Waals surface area contributed by atoms with Crippen LogP contribution >= 0.6 is 15.9 Å². The van der Waals surface area contributed by atoms with Crippen LogP contribution in [-0.2, 0) is 11.4 Å². The zero-order chi connectivity index (χ0) is 14.0. The molecule has 100 valence electrons. The maximum Gasteiger partial charge on any atom is 0.144 e. The van der Waals surface area contributed by atoms with Crippen LogP contribution in [0.1, 0.15) is 26.5 Å². The lowest BCUT2D eigenvalue weighted by molar-refractivity contribution is 0.562. The van der Waals surface area contributed by atoms with Gasteiger partial charge in [0.15, 0.2) is 0 Å². The Kier molecular flexibility index (Phi) is 4.28. The van der Waals surface area contributed by atoms with E-state index in [9.17, 15) is 4.55 Å². The van der Waals surface area contributed by atoms with Crippen LogP contribution in [0.4, 0.5) is 0 Å². The highest BCUT2D eigenvalue weighted by molar-refractivity contribution is 9.10. The number of rotatable bonds is 2. The molecule has 2 rings (SSSR count). The van der Waals surface area contributed by atoms with Gasteiger partial charge in [0.25, 0.3) is 0 Å². The molecular weight excluding hydrogens is 324 g/mol. The van der Waals surface area contributed by atoms with E-state index in [4.69, 9.17) is 0 Å². The van der Waals surface area contributed by atoms with Crippen LogP contribution in [0.3, 0.4) is 0 Å². The summed E-state index contributed by atoms with van der Waals surface area (Å²) in [6, 6.07) is 9.85. The predicted octanol–water partition coefficient (Wildman–Crippen LogP) is 3.88. The maximum atomic E-state index is 11.9. The summed E-state index contributed by atoms with van der Waals surface area (Å²) in [5.41, 5.74) is 1.59. The monoisotopic (exact) mass is 338 g/mol. The summed E-state index contributed by atoms with van der Waals surface area (Å²) in [6.07, 6.45) is 1.57. The standard InChI is InChI=1S/C14H15BrN2OS/c1-14(2,3)19(18)16-9-13-11(15)8-10-6-4-5-7-12(10)17-13/h4-9H,1-3H3/b16-9-. The van der Waals surface area contributed by atoms with E-state index >= 15 is 0 Å². The summed E-state index contributed by atoms with van der Waals surface area (Å²) in [6.45, 7) is 5.68. The number of halogens is 1. The summed E-state index contributed by atoms with van der Waals surface area (Å²) in [4.78, 5) is 4.50. The molecule has 2 aromatic rings. The zero-order valence-corrected chi connectivity index (χ0v) is 13.5. The molecule has 0 aliphatic heterocycles. The first-order valence-electron chi connectivity index (χ1n) is 5.89. The number of pyridine rings is 1. The van der Waals surface area contributed by atoms with Crippen molar-refractivity contribution >= 4 is 44.4 Å². The third-order valence-electron chi connectivity index (χ3n) is 2.50. The van der Waals surface area contributed by atoms with Crippen molar-refractivity contribution in [2.45, 2.75) is 25.5 Å². The van der Waals surface area contributed by atoms with Crippen molar-refractivity contribution < 1.29 is 4.55 Å². The molecule has 1 aromatic heterocycles. The van der Waals surface area contributed by atoms with Crippen LogP contribution in [0.25, 0.3) is 10.9 Å². The highest BCUT2D eigenvalue weighted by atomic mass is 79.9. The molecule has 3 nitrogen and oxygen atoms in total. The third kappa shape index (κ3) is 3.55. The number of aromatic nitrogens is 1. The fourth-order valence-electron chi connectivity index (χ4n) is 1.45. The molecule has 1 unspecified atom stereocenters. The molecule has 1 atom stereocenters. The Labute approximate surface area is 124 Å². The van der Waals surface area contributed by atoms with Crippen LogP contribution in [-0.4, -0.2) is 20.5 Å². The minimum absolute atomic E-state index is 0.361. The van der Waals surface area contributed by atoms with Gasteiger partial charge in [0.2, 0.25) is 0 Å². The summed E-state index contributed by atoms with van der Waals surface area (Å²) in [5.74, 6) is 0. The molecule has 19 heavy (non-hydrogen) atoms. The fourth-order valence-corrected chi connectivity index (χ4v) is 2.40. The van der Waals surface area contributed by atoms with E-state index in [0.717, 1.165) is 15.4 Å². The van der Waals surface area contributed by atoms with Gasteiger partial charge in [0.05, 0.1) is 5.52 Å². The Morgan fingerprint density at radius 3 is 2.68 bits per heavy atom. The molecule has 0 saturated carbocycles. The Morgan fingerprint density at radius 2 is 2.00 bits per heavy atom. The molecule has 0 amide bonds. The number of benzene rings is 1. The first-order valence-corrected chi connectivity index (χ1v) is 7.79. The summed E-state index contributed by atoms with van der Waals surface area (Å²) in [5, 5.41) is 1.06. The van der Waals surface area contributed by atoms with Crippen LogP contribution in [0.15, 0.2) is 39.2 Å². The predicted molar refractivity (Wildman–Crippen MR) is 84.9 cm³/mol. The van der Waals surface area contributed by atoms with E-state index in [0.29, 0.717) is 5.69 Å². The van der Waals surface area contributed by atoms with Gasteiger partial charge >= 0.3 is 0 Å². The van der Waals surface area contributed by atoms with E-state index in [2.05, 4.69) is 25.3 Å². The van der Waals surface area contributed by atoms with Gasteiger partial charge in [0, 0.05) is 9.86 Å².